The number of alkyl halides is 1. The number of rotatable bonds is 8. The molecule has 11 heteroatoms. The largest absolute Gasteiger partial charge is 0.337 e. The fraction of sp³-hybridized carbons (Fsp3) is 0.286. The van der Waals surface area contributed by atoms with Crippen LogP contribution < -0.4 is 15.8 Å². The lowest BCUT2D eigenvalue weighted by molar-refractivity contribution is -0.124. The molecule has 9 nitrogen and oxygen atoms in total. The molecule has 2 aromatic carbocycles. The highest BCUT2D eigenvalue weighted by atomic mass is 32.2. The number of nitrogens with one attached hydrogen (secondary N) is 2. The standard InChI is InChI=1S/C21H24FN5O4S/c1-13(23)19-25-18(26-31-19)14-7-9-17(10-8-14)32(29,30)27-16-6-4-5-15(11-16)24-20(28)21(2,3)12-22/h4-11,13,27H,12,23H2,1-3H3,(H,24,28). The molecule has 1 atom stereocenters. The first-order valence-electron chi connectivity index (χ1n) is 9.72. The third kappa shape index (κ3) is 5.29. The van der Waals surface area contributed by atoms with Gasteiger partial charge >= 0.3 is 0 Å². The summed E-state index contributed by atoms with van der Waals surface area (Å²) in [6.07, 6.45) is 0. The molecule has 0 fully saturated rings. The van der Waals surface area contributed by atoms with E-state index >= 15 is 0 Å². The zero-order valence-corrected chi connectivity index (χ0v) is 18.6. The van der Waals surface area contributed by atoms with Crippen molar-refractivity contribution in [2.45, 2.75) is 31.7 Å². The van der Waals surface area contributed by atoms with Crippen molar-refractivity contribution >= 4 is 27.3 Å². The fourth-order valence-corrected chi connectivity index (χ4v) is 3.61. The topological polar surface area (TPSA) is 140 Å². The SMILES string of the molecule is CC(N)c1nc(-c2ccc(S(=O)(=O)Nc3cccc(NC(=O)C(C)(C)CF)c3)cc2)no1. The zero-order valence-electron chi connectivity index (χ0n) is 17.8. The number of carbonyl (C=O) groups is 1. The lowest BCUT2D eigenvalue weighted by atomic mass is 9.94. The van der Waals surface area contributed by atoms with E-state index < -0.39 is 34.1 Å². The van der Waals surface area contributed by atoms with Crippen molar-refractivity contribution < 1.29 is 22.1 Å². The van der Waals surface area contributed by atoms with Crippen molar-refractivity contribution in [1.82, 2.24) is 10.1 Å². The number of anilines is 2. The highest BCUT2D eigenvalue weighted by Crippen LogP contribution is 2.24. The van der Waals surface area contributed by atoms with E-state index in [2.05, 4.69) is 20.2 Å². The first-order valence-corrected chi connectivity index (χ1v) is 11.2. The minimum absolute atomic E-state index is 0.0187. The molecule has 4 N–H and O–H groups in total. The molecule has 1 amide bonds. The van der Waals surface area contributed by atoms with E-state index in [9.17, 15) is 17.6 Å². The van der Waals surface area contributed by atoms with Gasteiger partial charge in [0.05, 0.1) is 22.0 Å². The monoisotopic (exact) mass is 461 g/mol. The van der Waals surface area contributed by atoms with Gasteiger partial charge in [0.1, 0.15) is 6.67 Å². The predicted octanol–water partition coefficient (Wildman–Crippen LogP) is 3.49. The average molecular weight is 462 g/mol. The molecule has 1 heterocycles. The maximum absolute atomic E-state index is 13.0. The molecule has 32 heavy (non-hydrogen) atoms. The molecule has 0 aliphatic carbocycles. The van der Waals surface area contributed by atoms with E-state index in [0.717, 1.165) is 0 Å². The van der Waals surface area contributed by atoms with Gasteiger partial charge in [0.15, 0.2) is 0 Å². The van der Waals surface area contributed by atoms with E-state index in [0.29, 0.717) is 17.1 Å². The molecule has 0 radical (unpaired) electrons. The minimum atomic E-state index is -3.91. The second-order valence-electron chi connectivity index (χ2n) is 7.93. The molecule has 1 aromatic heterocycles. The number of benzene rings is 2. The third-order valence-electron chi connectivity index (χ3n) is 4.58. The van der Waals surface area contributed by atoms with Crippen molar-refractivity contribution in [3.05, 3.63) is 54.4 Å². The summed E-state index contributed by atoms with van der Waals surface area (Å²) in [4.78, 5) is 16.3. The van der Waals surface area contributed by atoms with Crippen molar-refractivity contribution in [3.63, 3.8) is 0 Å². The van der Waals surface area contributed by atoms with Gasteiger partial charge in [-0.3, -0.25) is 9.52 Å². The van der Waals surface area contributed by atoms with Gasteiger partial charge in [-0.2, -0.15) is 4.98 Å². The maximum Gasteiger partial charge on any atom is 0.261 e. The van der Waals surface area contributed by atoms with E-state index in [1.54, 1.807) is 31.2 Å². The van der Waals surface area contributed by atoms with Gasteiger partial charge in [-0.1, -0.05) is 11.2 Å². The molecule has 170 valence electrons. The highest BCUT2D eigenvalue weighted by molar-refractivity contribution is 7.92. The Morgan fingerprint density at radius 3 is 2.44 bits per heavy atom. The Morgan fingerprint density at radius 1 is 1.19 bits per heavy atom. The average Bonchev–Trinajstić information content (AvgIpc) is 3.24. The Labute approximate surface area is 185 Å². The molecule has 0 aliphatic rings. The molecule has 1 unspecified atom stereocenters. The van der Waals surface area contributed by atoms with Gasteiger partial charge in [-0.25, -0.2) is 12.8 Å². The van der Waals surface area contributed by atoms with Gasteiger partial charge in [0.25, 0.3) is 10.0 Å². The number of carbonyl (C=O) groups excluding carboxylic acids is 1. The minimum Gasteiger partial charge on any atom is -0.337 e. The second-order valence-corrected chi connectivity index (χ2v) is 9.61. The van der Waals surface area contributed by atoms with Crippen LogP contribution in [0.2, 0.25) is 0 Å². The molecule has 0 aliphatic heterocycles. The Kier molecular flexibility index (Phi) is 6.60. The number of sulfonamides is 1. The molecule has 3 rings (SSSR count). The summed E-state index contributed by atoms with van der Waals surface area (Å²) in [5, 5.41) is 6.42. The van der Waals surface area contributed by atoms with E-state index in [1.807, 2.05) is 0 Å². The van der Waals surface area contributed by atoms with Gasteiger partial charge in [0, 0.05) is 11.3 Å². The molecule has 0 saturated heterocycles. The van der Waals surface area contributed by atoms with Crippen LogP contribution in [0.25, 0.3) is 11.4 Å². The third-order valence-corrected chi connectivity index (χ3v) is 5.97. The molecular formula is C21H24FN5O4S. The van der Waals surface area contributed by atoms with Gasteiger partial charge in [-0.05, 0) is 63.2 Å². The number of hydrogen-bond donors (Lipinski definition) is 3. The first-order chi connectivity index (χ1) is 15.0. The van der Waals surface area contributed by atoms with Crippen molar-refractivity contribution in [3.8, 4) is 11.4 Å². The second kappa shape index (κ2) is 9.05. The van der Waals surface area contributed by atoms with Gasteiger partial charge < -0.3 is 15.6 Å². The summed E-state index contributed by atoms with van der Waals surface area (Å²) in [5.74, 6) is 0.0679. The molecular weight excluding hydrogens is 437 g/mol. The number of hydrogen-bond acceptors (Lipinski definition) is 7. The summed E-state index contributed by atoms with van der Waals surface area (Å²) in [7, 11) is -3.91. The van der Waals surface area contributed by atoms with Gasteiger partial charge in [0.2, 0.25) is 17.6 Å². The number of amides is 1. The summed E-state index contributed by atoms with van der Waals surface area (Å²) in [6.45, 7) is 3.84. The smallest absolute Gasteiger partial charge is 0.261 e. The molecule has 0 bridgehead atoms. The predicted molar refractivity (Wildman–Crippen MR) is 118 cm³/mol. The van der Waals surface area contributed by atoms with Crippen LogP contribution in [0.3, 0.4) is 0 Å². The maximum atomic E-state index is 13.0. The summed E-state index contributed by atoms with van der Waals surface area (Å²) < 4.78 is 46.1. The van der Waals surface area contributed by atoms with E-state index in [4.69, 9.17) is 10.3 Å². The molecule has 0 saturated carbocycles. The van der Waals surface area contributed by atoms with Crippen LogP contribution >= 0.6 is 0 Å². The van der Waals surface area contributed by atoms with Crippen LogP contribution in [0.1, 0.15) is 32.7 Å². The van der Waals surface area contributed by atoms with Crippen molar-refractivity contribution in [2.24, 2.45) is 11.1 Å². The number of aromatic nitrogens is 2. The van der Waals surface area contributed by atoms with Crippen LogP contribution in [-0.2, 0) is 14.8 Å². The molecule has 0 spiro atoms. The summed E-state index contributed by atoms with van der Waals surface area (Å²) in [5.41, 5.74) is 5.66. The number of nitrogens with zero attached hydrogens (tertiary/aromatic N) is 2. The van der Waals surface area contributed by atoms with Gasteiger partial charge in [-0.15, -0.1) is 0 Å². The van der Waals surface area contributed by atoms with E-state index in [1.165, 1.54) is 38.1 Å². The lowest BCUT2D eigenvalue weighted by Crippen LogP contribution is -2.32. The van der Waals surface area contributed by atoms with Crippen LogP contribution in [-0.4, -0.2) is 31.1 Å². The first kappa shape index (κ1) is 23.4. The summed E-state index contributed by atoms with van der Waals surface area (Å²) >= 11 is 0. The van der Waals surface area contributed by atoms with Crippen LogP contribution in [0.15, 0.2) is 57.9 Å². The van der Waals surface area contributed by atoms with Crippen LogP contribution in [0.4, 0.5) is 15.8 Å². The van der Waals surface area contributed by atoms with Crippen molar-refractivity contribution in [1.29, 1.82) is 0 Å². The van der Waals surface area contributed by atoms with Crippen LogP contribution in [0.5, 0.6) is 0 Å². The number of halogens is 1. The highest BCUT2D eigenvalue weighted by Gasteiger charge is 2.27. The Morgan fingerprint density at radius 2 is 1.84 bits per heavy atom. The van der Waals surface area contributed by atoms with Crippen LogP contribution in [0, 0.1) is 5.41 Å². The lowest BCUT2D eigenvalue weighted by Gasteiger charge is -2.19. The quantitative estimate of drug-likeness (QED) is 0.466. The Bertz CT molecular complexity index is 1210. The summed E-state index contributed by atoms with van der Waals surface area (Å²) in [6, 6.07) is 11.7. The fourth-order valence-electron chi connectivity index (χ4n) is 2.56. The van der Waals surface area contributed by atoms with Crippen molar-refractivity contribution in [2.75, 3.05) is 16.7 Å². The molecule has 3 aromatic rings. The zero-order chi connectivity index (χ0) is 23.5. The Hall–Kier alpha value is -3.31. The number of nitrogens with two attached hydrogens (primary N) is 1. The Balaban J connectivity index is 1.75. The van der Waals surface area contributed by atoms with E-state index in [-0.39, 0.29) is 16.5 Å². The normalized spacial score (nSPS) is 12.9.